The lowest BCUT2D eigenvalue weighted by Gasteiger charge is -2.17. The number of amides is 2. The smallest absolute Gasteiger partial charge is 0.317 e. The summed E-state index contributed by atoms with van der Waals surface area (Å²) in [5, 5.41) is 5.57. The molecule has 2 rings (SSSR count). The highest BCUT2D eigenvalue weighted by Gasteiger charge is 2.09. The third-order valence-electron chi connectivity index (χ3n) is 3.78. The summed E-state index contributed by atoms with van der Waals surface area (Å²) in [5.41, 5.74) is 2.22. The first-order valence-corrected chi connectivity index (χ1v) is 8.42. The van der Waals surface area contributed by atoms with E-state index in [4.69, 9.17) is 9.47 Å². The monoisotopic (exact) mass is 342 g/mol. The van der Waals surface area contributed by atoms with Gasteiger partial charge in [0.05, 0.1) is 7.11 Å². The topological polar surface area (TPSA) is 59.6 Å². The van der Waals surface area contributed by atoms with E-state index >= 15 is 0 Å². The van der Waals surface area contributed by atoms with Gasteiger partial charge in [-0.05, 0) is 48.2 Å². The van der Waals surface area contributed by atoms with Crippen molar-refractivity contribution in [1.29, 1.82) is 0 Å². The average molecular weight is 342 g/mol. The molecule has 2 N–H and O–H groups in total. The van der Waals surface area contributed by atoms with Crippen molar-refractivity contribution in [3.8, 4) is 11.5 Å². The number of hydrogen-bond donors (Lipinski definition) is 2. The minimum atomic E-state index is -0.435. The summed E-state index contributed by atoms with van der Waals surface area (Å²) < 4.78 is 10.9. The van der Waals surface area contributed by atoms with Crippen LogP contribution in [0.5, 0.6) is 11.5 Å². The van der Waals surface area contributed by atoms with Crippen molar-refractivity contribution < 1.29 is 14.3 Å². The molecule has 0 saturated heterocycles. The van der Waals surface area contributed by atoms with Gasteiger partial charge in [-0.2, -0.15) is 0 Å². The van der Waals surface area contributed by atoms with E-state index in [1.54, 1.807) is 14.0 Å². The molecule has 0 aromatic heterocycles. The van der Waals surface area contributed by atoms with Crippen LogP contribution in [0.25, 0.3) is 0 Å². The number of rotatable bonds is 7. The van der Waals surface area contributed by atoms with Crippen LogP contribution in [0.3, 0.4) is 0 Å². The maximum absolute atomic E-state index is 12.0. The molecule has 0 heterocycles. The fourth-order valence-electron chi connectivity index (χ4n) is 2.37. The summed E-state index contributed by atoms with van der Waals surface area (Å²) >= 11 is 0. The lowest BCUT2D eigenvalue weighted by molar-refractivity contribution is 0.177. The molecule has 2 aromatic rings. The van der Waals surface area contributed by atoms with Crippen molar-refractivity contribution in [3.05, 3.63) is 59.7 Å². The quantitative estimate of drug-likeness (QED) is 0.747. The molecular formula is C20H26N2O3. The molecule has 0 aliphatic heterocycles. The Morgan fingerprint density at radius 1 is 1.04 bits per heavy atom. The van der Waals surface area contributed by atoms with Crippen LogP contribution in [0.4, 0.5) is 4.79 Å². The van der Waals surface area contributed by atoms with E-state index in [1.807, 2.05) is 48.5 Å². The summed E-state index contributed by atoms with van der Waals surface area (Å²) in [6.45, 7) is 6.50. The zero-order valence-electron chi connectivity index (χ0n) is 15.2. The fourth-order valence-corrected chi connectivity index (χ4v) is 2.37. The molecule has 0 fully saturated rings. The van der Waals surface area contributed by atoms with Crippen LogP contribution in [0.15, 0.2) is 48.5 Å². The predicted octanol–water partition coefficient (Wildman–Crippen LogP) is 4.04. The molecule has 5 nitrogen and oxygen atoms in total. The van der Waals surface area contributed by atoms with Gasteiger partial charge in [-0.15, -0.1) is 0 Å². The molecule has 0 spiro atoms. The van der Waals surface area contributed by atoms with Crippen LogP contribution in [-0.2, 0) is 6.54 Å². The maximum Gasteiger partial charge on any atom is 0.317 e. The number of carbonyl (C=O) groups is 1. The molecule has 25 heavy (non-hydrogen) atoms. The van der Waals surface area contributed by atoms with E-state index in [0.29, 0.717) is 12.5 Å². The average Bonchev–Trinajstić information content (AvgIpc) is 2.60. The van der Waals surface area contributed by atoms with Crippen LogP contribution < -0.4 is 20.1 Å². The van der Waals surface area contributed by atoms with E-state index in [-0.39, 0.29) is 6.03 Å². The Balaban J connectivity index is 1.79. The van der Waals surface area contributed by atoms with Gasteiger partial charge < -0.3 is 20.1 Å². The van der Waals surface area contributed by atoms with Crippen molar-refractivity contribution in [3.63, 3.8) is 0 Å². The highest BCUT2D eigenvalue weighted by atomic mass is 16.5. The summed E-state index contributed by atoms with van der Waals surface area (Å²) in [7, 11) is 1.62. The zero-order valence-corrected chi connectivity index (χ0v) is 15.2. The van der Waals surface area contributed by atoms with Crippen molar-refractivity contribution >= 4 is 6.03 Å². The molecule has 2 amide bonds. The second-order valence-electron chi connectivity index (χ2n) is 6.16. The Morgan fingerprint density at radius 3 is 2.40 bits per heavy atom. The molecule has 0 radical (unpaired) electrons. The normalized spacial score (nSPS) is 11.7. The van der Waals surface area contributed by atoms with Gasteiger partial charge in [0.25, 0.3) is 0 Å². The lowest BCUT2D eigenvalue weighted by atomic mass is 10.0. The predicted molar refractivity (Wildman–Crippen MR) is 99.0 cm³/mol. The zero-order chi connectivity index (χ0) is 18.2. The van der Waals surface area contributed by atoms with E-state index in [9.17, 15) is 4.79 Å². The number of methoxy groups -OCH3 is 1. The summed E-state index contributed by atoms with van der Waals surface area (Å²) in [6.07, 6.45) is -0.435. The Labute approximate surface area is 149 Å². The molecule has 0 aliphatic carbocycles. The van der Waals surface area contributed by atoms with Gasteiger partial charge in [-0.1, -0.05) is 38.1 Å². The SMILES string of the molecule is COc1cccc(CNC(=O)NC(C)Oc2ccc(C(C)C)cc2)c1. The Kier molecular flexibility index (Phi) is 6.69. The Bertz CT molecular complexity index is 684. The minimum absolute atomic E-state index is 0.283. The van der Waals surface area contributed by atoms with E-state index in [2.05, 4.69) is 24.5 Å². The minimum Gasteiger partial charge on any atom is -0.497 e. The molecule has 0 aliphatic rings. The van der Waals surface area contributed by atoms with Crippen molar-refractivity contribution in [2.75, 3.05) is 7.11 Å². The molecule has 0 bridgehead atoms. The lowest BCUT2D eigenvalue weighted by Crippen LogP contribution is -2.43. The highest BCUT2D eigenvalue weighted by Crippen LogP contribution is 2.19. The van der Waals surface area contributed by atoms with Crippen LogP contribution in [0, 0.1) is 0 Å². The van der Waals surface area contributed by atoms with Gasteiger partial charge in [0.2, 0.25) is 0 Å². The number of benzene rings is 2. The molecule has 1 unspecified atom stereocenters. The largest absolute Gasteiger partial charge is 0.497 e. The van der Waals surface area contributed by atoms with E-state index < -0.39 is 6.23 Å². The van der Waals surface area contributed by atoms with Crippen molar-refractivity contribution in [2.24, 2.45) is 0 Å². The van der Waals surface area contributed by atoms with Gasteiger partial charge in [0, 0.05) is 6.54 Å². The molecular weight excluding hydrogens is 316 g/mol. The summed E-state index contributed by atoms with van der Waals surface area (Å²) in [4.78, 5) is 12.0. The van der Waals surface area contributed by atoms with Gasteiger partial charge in [-0.25, -0.2) is 4.79 Å². The van der Waals surface area contributed by atoms with Gasteiger partial charge >= 0.3 is 6.03 Å². The first-order valence-electron chi connectivity index (χ1n) is 8.42. The van der Waals surface area contributed by atoms with Crippen LogP contribution in [0.1, 0.15) is 37.8 Å². The van der Waals surface area contributed by atoms with Crippen molar-refractivity contribution in [1.82, 2.24) is 10.6 Å². The number of nitrogens with one attached hydrogen (secondary N) is 2. The van der Waals surface area contributed by atoms with Gasteiger partial charge in [0.1, 0.15) is 11.5 Å². The van der Waals surface area contributed by atoms with Crippen molar-refractivity contribution in [2.45, 2.75) is 39.5 Å². The first-order chi connectivity index (χ1) is 12.0. The highest BCUT2D eigenvalue weighted by molar-refractivity contribution is 5.74. The number of hydrogen-bond acceptors (Lipinski definition) is 3. The fraction of sp³-hybridized carbons (Fsp3) is 0.350. The second kappa shape index (κ2) is 8.97. The van der Waals surface area contributed by atoms with Gasteiger partial charge in [0.15, 0.2) is 6.23 Å². The molecule has 0 saturated carbocycles. The van der Waals surface area contributed by atoms with Crippen LogP contribution in [0.2, 0.25) is 0 Å². The van der Waals surface area contributed by atoms with Crippen LogP contribution >= 0.6 is 0 Å². The van der Waals surface area contributed by atoms with E-state index in [0.717, 1.165) is 17.1 Å². The molecule has 1 atom stereocenters. The van der Waals surface area contributed by atoms with E-state index in [1.165, 1.54) is 5.56 Å². The maximum atomic E-state index is 12.0. The number of urea groups is 1. The number of carbonyl (C=O) groups excluding carboxylic acids is 1. The standard InChI is InChI=1S/C20H26N2O3/c1-14(2)17-8-10-18(11-9-17)25-15(3)22-20(23)21-13-16-6-5-7-19(12-16)24-4/h5-12,14-15H,13H2,1-4H3,(H2,21,22,23). The number of ether oxygens (including phenoxy) is 2. The first kappa shape index (κ1) is 18.6. The Hall–Kier alpha value is -2.69. The molecule has 5 heteroatoms. The summed E-state index contributed by atoms with van der Waals surface area (Å²) in [6, 6.07) is 15.2. The Morgan fingerprint density at radius 2 is 1.76 bits per heavy atom. The van der Waals surface area contributed by atoms with Gasteiger partial charge in [-0.3, -0.25) is 0 Å². The third kappa shape index (κ3) is 6.03. The summed E-state index contributed by atoms with van der Waals surface area (Å²) in [5.74, 6) is 1.97. The molecule has 134 valence electrons. The molecule has 2 aromatic carbocycles. The second-order valence-corrected chi connectivity index (χ2v) is 6.16. The third-order valence-corrected chi connectivity index (χ3v) is 3.78. The van der Waals surface area contributed by atoms with Crippen LogP contribution in [-0.4, -0.2) is 19.4 Å².